The molecule has 0 bridgehead atoms. The number of rotatable bonds is 0. The maximum absolute atomic E-state index is 11.0. The average molecular weight is 216 g/mol. The number of carbonyl (C=O) groups is 1. The summed E-state index contributed by atoms with van der Waals surface area (Å²) in [4.78, 5) is 11.0. The highest BCUT2D eigenvalue weighted by Gasteiger charge is 2.06. The second-order valence-corrected chi connectivity index (χ2v) is 3.88. The second kappa shape index (κ2) is 4.85. The van der Waals surface area contributed by atoms with Crippen LogP contribution < -0.4 is 0 Å². The fraction of sp³-hybridized carbons (Fsp3) is 0.357. The van der Waals surface area contributed by atoms with Crippen molar-refractivity contribution in [3.05, 3.63) is 33.9 Å². The number of esters is 1. The zero-order chi connectivity index (χ0) is 12.3. The normalized spacial score (nSPS) is 9.31. The molecule has 0 heterocycles. The topological polar surface area (TPSA) is 26.3 Å². The van der Waals surface area contributed by atoms with Crippen molar-refractivity contribution >= 4 is 5.97 Å². The highest BCUT2D eigenvalue weighted by molar-refractivity contribution is 5.89. The molecule has 1 aromatic carbocycles. The molecule has 1 aromatic rings. The first kappa shape index (κ1) is 12.3. The fourth-order valence-electron chi connectivity index (χ4n) is 1.57. The molecule has 1 rings (SSSR count). The molecule has 0 N–H and O–H groups in total. The third-order valence-electron chi connectivity index (χ3n) is 2.84. The van der Waals surface area contributed by atoms with Gasteiger partial charge in [0.25, 0.3) is 0 Å². The average Bonchev–Trinajstić information content (AvgIpc) is 2.26. The summed E-state index contributed by atoms with van der Waals surface area (Å²) in [5.41, 5.74) is 5.57. The van der Waals surface area contributed by atoms with E-state index in [1.807, 2.05) is 27.7 Å². The Morgan fingerprint density at radius 1 is 1.12 bits per heavy atom. The molecule has 0 atom stereocenters. The number of ether oxygens (including phenoxy) is 1. The van der Waals surface area contributed by atoms with Crippen molar-refractivity contribution in [2.45, 2.75) is 27.7 Å². The van der Waals surface area contributed by atoms with Gasteiger partial charge in [-0.3, -0.25) is 0 Å². The summed E-state index contributed by atoms with van der Waals surface area (Å²) in [6, 6.07) is 2.13. The van der Waals surface area contributed by atoms with Crippen LogP contribution in [0.25, 0.3) is 0 Å². The van der Waals surface area contributed by atoms with Gasteiger partial charge in [-0.15, -0.1) is 0 Å². The summed E-state index contributed by atoms with van der Waals surface area (Å²) < 4.78 is 4.50. The summed E-state index contributed by atoms with van der Waals surface area (Å²) in [5.74, 6) is 4.86. The minimum atomic E-state index is -0.502. The molecule has 2 nitrogen and oxygen atoms in total. The van der Waals surface area contributed by atoms with Gasteiger partial charge in [-0.1, -0.05) is 12.0 Å². The van der Waals surface area contributed by atoms with Crippen molar-refractivity contribution in [3.8, 4) is 11.8 Å². The lowest BCUT2D eigenvalue weighted by molar-refractivity contribution is -0.133. The van der Waals surface area contributed by atoms with Crippen LogP contribution in [0.1, 0.15) is 27.8 Å². The van der Waals surface area contributed by atoms with Gasteiger partial charge in [0.05, 0.1) is 7.11 Å². The summed E-state index contributed by atoms with van der Waals surface area (Å²) in [7, 11) is 1.33. The number of methoxy groups -OCH3 is 1. The van der Waals surface area contributed by atoms with Crippen LogP contribution in [0.4, 0.5) is 0 Å². The molecule has 0 aromatic heterocycles. The molecule has 0 radical (unpaired) electrons. The molecule has 0 fully saturated rings. The van der Waals surface area contributed by atoms with E-state index < -0.39 is 5.97 Å². The van der Waals surface area contributed by atoms with E-state index in [1.165, 1.54) is 18.2 Å². The lowest BCUT2D eigenvalue weighted by Crippen LogP contribution is -1.98. The van der Waals surface area contributed by atoms with E-state index in [0.29, 0.717) is 0 Å². The quantitative estimate of drug-likeness (QED) is 0.492. The molecular weight excluding hydrogens is 200 g/mol. The lowest BCUT2D eigenvalue weighted by Gasteiger charge is -2.10. The van der Waals surface area contributed by atoms with E-state index in [4.69, 9.17) is 0 Å². The van der Waals surface area contributed by atoms with Gasteiger partial charge in [0.2, 0.25) is 0 Å². The summed E-state index contributed by atoms with van der Waals surface area (Å²) in [5, 5.41) is 0. The molecule has 0 saturated heterocycles. The van der Waals surface area contributed by atoms with Gasteiger partial charge >= 0.3 is 5.97 Å². The van der Waals surface area contributed by atoms with E-state index >= 15 is 0 Å². The number of benzene rings is 1. The first-order valence-electron chi connectivity index (χ1n) is 5.14. The number of aryl methyl sites for hydroxylation is 2. The Balaban J connectivity index is 3.31. The van der Waals surface area contributed by atoms with Crippen molar-refractivity contribution < 1.29 is 9.53 Å². The highest BCUT2D eigenvalue weighted by Crippen LogP contribution is 2.20. The molecule has 0 aliphatic heterocycles. The van der Waals surface area contributed by atoms with Crippen LogP contribution in [-0.4, -0.2) is 13.1 Å². The minimum absolute atomic E-state index is 0.502. The smallest absolute Gasteiger partial charge is 0.384 e. The summed E-state index contributed by atoms with van der Waals surface area (Å²) in [6.45, 7) is 8.13. The van der Waals surface area contributed by atoms with Crippen molar-refractivity contribution in [3.63, 3.8) is 0 Å². The van der Waals surface area contributed by atoms with E-state index in [2.05, 4.69) is 22.6 Å². The monoisotopic (exact) mass is 216 g/mol. The number of carbonyl (C=O) groups excluding carboxylic acids is 1. The Hall–Kier alpha value is -1.75. The predicted octanol–water partition coefficient (Wildman–Crippen LogP) is 2.44. The standard InChI is InChI=1S/C14H16O2/c1-9-8-10(2)12(4)13(11(9)3)6-7-14(15)16-5/h8H,1-5H3. The zero-order valence-electron chi connectivity index (χ0n) is 10.4. The molecule has 0 spiro atoms. The van der Waals surface area contributed by atoms with E-state index in [9.17, 15) is 4.79 Å². The molecular formula is C14H16O2. The van der Waals surface area contributed by atoms with Gasteiger partial charge < -0.3 is 4.74 Å². The van der Waals surface area contributed by atoms with Gasteiger partial charge in [-0.2, -0.15) is 0 Å². The maximum Gasteiger partial charge on any atom is 0.384 e. The Morgan fingerprint density at radius 3 is 2.06 bits per heavy atom. The van der Waals surface area contributed by atoms with Gasteiger partial charge in [-0.05, 0) is 49.9 Å². The van der Waals surface area contributed by atoms with E-state index in [0.717, 1.165) is 16.7 Å². The van der Waals surface area contributed by atoms with Crippen LogP contribution in [0, 0.1) is 39.5 Å². The van der Waals surface area contributed by atoms with Gasteiger partial charge in [0, 0.05) is 11.5 Å². The molecule has 0 aliphatic carbocycles. The number of hydrogen-bond donors (Lipinski definition) is 0. The van der Waals surface area contributed by atoms with E-state index in [1.54, 1.807) is 0 Å². The van der Waals surface area contributed by atoms with Crippen LogP contribution >= 0.6 is 0 Å². The Morgan fingerprint density at radius 2 is 1.62 bits per heavy atom. The SMILES string of the molecule is COC(=O)C#Cc1c(C)c(C)cc(C)c1C. The highest BCUT2D eigenvalue weighted by atomic mass is 16.5. The van der Waals surface area contributed by atoms with Crippen molar-refractivity contribution in [2.75, 3.05) is 7.11 Å². The predicted molar refractivity (Wildman–Crippen MR) is 64.3 cm³/mol. The molecule has 2 heteroatoms. The van der Waals surface area contributed by atoms with Crippen molar-refractivity contribution in [2.24, 2.45) is 0 Å². The minimum Gasteiger partial charge on any atom is -0.459 e. The van der Waals surface area contributed by atoms with Crippen molar-refractivity contribution in [1.82, 2.24) is 0 Å². The molecule has 84 valence electrons. The Bertz CT molecular complexity index is 461. The molecule has 0 unspecified atom stereocenters. The lowest BCUT2D eigenvalue weighted by atomic mass is 9.94. The zero-order valence-corrected chi connectivity index (χ0v) is 10.4. The maximum atomic E-state index is 11.0. The van der Waals surface area contributed by atoms with E-state index in [-0.39, 0.29) is 0 Å². The first-order chi connectivity index (χ1) is 7.47. The Labute approximate surface area is 96.6 Å². The second-order valence-electron chi connectivity index (χ2n) is 3.88. The molecule has 0 aliphatic rings. The molecule has 16 heavy (non-hydrogen) atoms. The van der Waals surface area contributed by atoms with Crippen LogP contribution in [0.5, 0.6) is 0 Å². The first-order valence-corrected chi connectivity index (χ1v) is 5.14. The Kier molecular flexibility index (Phi) is 3.73. The van der Waals surface area contributed by atoms with Crippen LogP contribution in [0.15, 0.2) is 6.07 Å². The molecule has 0 saturated carbocycles. The van der Waals surface area contributed by atoms with Gasteiger partial charge in [-0.25, -0.2) is 4.79 Å². The van der Waals surface area contributed by atoms with Crippen LogP contribution in [0.3, 0.4) is 0 Å². The van der Waals surface area contributed by atoms with Crippen LogP contribution in [-0.2, 0) is 9.53 Å². The van der Waals surface area contributed by atoms with Gasteiger partial charge in [0.1, 0.15) is 0 Å². The van der Waals surface area contributed by atoms with Gasteiger partial charge in [0.15, 0.2) is 0 Å². The fourth-order valence-corrected chi connectivity index (χ4v) is 1.57. The van der Waals surface area contributed by atoms with Crippen molar-refractivity contribution in [1.29, 1.82) is 0 Å². The third kappa shape index (κ3) is 2.43. The van der Waals surface area contributed by atoms with Crippen LogP contribution in [0.2, 0.25) is 0 Å². The number of hydrogen-bond acceptors (Lipinski definition) is 2. The summed E-state index contributed by atoms with van der Waals surface area (Å²) in [6.07, 6.45) is 0. The molecule has 0 amide bonds. The largest absolute Gasteiger partial charge is 0.459 e. The third-order valence-corrected chi connectivity index (χ3v) is 2.84. The summed E-state index contributed by atoms with van der Waals surface area (Å²) >= 11 is 0.